The van der Waals surface area contributed by atoms with Gasteiger partial charge >= 0.3 is 0 Å². The largest absolute Gasteiger partial charge is 0.494 e. The second-order valence-electron chi connectivity index (χ2n) is 3.53. The Balaban J connectivity index is 2.65. The zero-order chi connectivity index (χ0) is 12.7. The van der Waals surface area contributed by atoms with E-state index in [1.807, 2.05) is 6.26 Å². The van der Waals surface area contributed by atoms with Crippen molar-refractivity contribution < 1.29 is 9.53 Å². The molecule has 0 aliphatic carbocycles. The Labute approximate surface area is 106 Å². The molecule has 0 radical (unpaired) electrons. The van der Waals surface area contributed by atoms with Gasteiger partial charge in [0.1, 0.15) is 0 Å². The van der Waals surface area contributed by atoms with E-state index in [0.29, 0.717) is 23.5 Å². The highest BCUT2D eigenvalue weighted by atomic mass is 32.2. The number of nitrogens with one attached hydrogen (secondary N) is 1. The molecular formula is C12H18N2O2S. The van der Waals surface area contributed by atoms with Crippen LogP contribution in [0.25, 0.3) is 0 Å². The van der Waals surface area contributed by atoms with E-state index in [0.717, 1.165) is 12.2 Å². The predicted octanol–water partition coefficient (Wildman–Crippen LogP) is 1.76. The van der Waals surface area contributed by atoms with Gasteiger partial charge in [-0.2, -0.15) is 11.8 Å². The first-order valence-electron chi connectivity index (χ1n) is 5.40. The molecule has 0 aliphatic heterocycles. The average molecular weight is 254 g/mol. The maximum Gasteiger partial charge on any atom is 0.255 e. The summed E-state index contributed by atoms with van der Waals surface area (Å²) in [4.78, 5) is 11.9. The van der Waals surface area contributed by atoms with Gasteiger partial charge in [-0.1, -0.05) is 6.07 Å². The molecule has 4 nitrogen and oxygen atoms in total. The van der Waals surface area contributed by atoms with E-state index in [2.05, 4.69) is 5.32 Å². The van der Waals surface area contributed by atoms with Crippen LogP contribution in [0.3, 0.4) is 0 Å². The number of hydrogen-bond donors (Lipinski definition) is 2. The van der Waals surface area contributed by atoms with E-state index in [9.17, 15) is 4.79 Å². The lowest BCUT2D eigenvalue weighted by molar-refractivity contribution is 0.0951. The maximum atomic E-state index is 11.9. The lowest BCUT2D eigenvalue weighted by Gasteiger charge is -2.10. The van der Waals surface area contributed by atoms with Gasteiger partial charge in [0.15, 0.2) is 5.75 Å². The fourth-order valence-electron chi connectivity index (χ4n) is 1.48. The summed E-state index contributed by atoms with van der Waals surface area (Å²) in [5, 5.41) is 2.85. The minimum Gasteiger partial charge on any atom is -0.494 e. The molecule has 3 N–H and O–H groups in total. The second kappa shape index (κ2) is 7.06. The van der Waals surface area contributed by atoms with E-state index >= 15 is 0 Å². The topological polar surface area (TPSA) is 64.3 Å². The molecule has 1 amide bonds. The third-order valence-corrected chi connectivity index (χ3v) is 3.00. The number of carbonyl (C=O) groups is 1. The van der Waals surface area contributed by atoms with Crippen molar-refractivity contribution in [1.82, 2.24) is 5.32 Å². The Bertz CT molecular complexity index is 383. The molecule has 0 saturated heterocycles. The van der Waals surface area contributed by atoms with Crippen LogP contribution < -0.4 is 15.8 Å². The van der Waals surface area contributed by atoms with E-state index in [1.165, 1.54) is 7.11 Å². The summed E-state index contributed by atoms with van der Waals surface area (Å²) in [6, 6.07) is 5.16. The quantitative estimate of drug-likeness (QED) is 0.600. The number of para-hydroxylation sites is 1. The summed E-state index contributed by atoms with van der Waals surface area (Å²) < 4.78 is 5.13. The zero-order valence-electron chi connectivity index (χ0n) is 10.2. The van der Waals surface area contributed by atoms with Crippen molar-refractivity contribution in [1.29, 1.82) is 0 Å². The number of anilines is 1. The van der Waals surface area contributed by atoms with Crippen molar-refractivity contribution in [2.75, 3.05) is 31.4 Å². The third-order valence-electron chi connectivity index (χ3n) is 2.31. The van der Waals surface area contributed by atoms with Crippen LogP contribution in [0.15, 0.2) is 18.2 Å². The Morgan fingerprint density at radius 2 is 2.29 bits per heavy atom. The van der Waals surface area contributed by atoms with Gasteiger partial charge in [-0.25, -0.2) is 0 Å². The van der Waals surface area contributed by atoms with Crippen molar-refractivity contribution in [3.05, 3.63) is 23.8 Å². The molecular weight excluding hydrogens is 236 g/mol. The molecule has 94 valence electrons. The predicted molar refractivity (Wildman–Crippen MR) is 72.7 cm³/mol. The third kappa shape index (κ3) is 3.85. The molecule has 0 unspecified atom stereocenters. The van der Waals surface area contributed by atoms with Gasteiger partial charge in [-0.15, -0.1) is 0 Å². The van der Waals surface area contributed by atoms with Crippen LogP contribution in [-0.2, 0) is 0 Å². The number of nitrogen functional groups attached to an aromatic ring is 1. The van der Waals surface area contributed by atoms with Crippen LogP contribution >= 0.6 is 11.8 Å². The second-order valence-corrected chi connectivity index (χ2v) is 4.52. The Morgan fingerprint density at radius 3 is 2.94 bits per heavy atom. The number of carbonyl (C=O) groups excluding carboxylic acids is 1. The maximum absolute atomic E-state index is 11.9. The molecule has 0 aliphatic rings. The van der Waals surface area contributed by atoms with Crippen LogP contribution in [0.5, 0.6) is 5.75 Å². The molecule has 0 bridgehead atoms. The first-order valence-corrected chi connectivity index (χ1v) is 6.79. The first kappa shape index (κ1) is 13.7. The summed E-state index contributed by atoms with van der Waals surface area (Å²) in [6.07, 6.45) is 3.00. The minimum absolute atomic E-state index is 0.143. The smallest absolute Gasteiger partial charge is 0.255 e. The molecule has 0 fully saturated rings. The highest BCUT2D eigenvalue weighted by Gasteiger charge is 2.13. The number of ether oxygens (including phenoxy) is 1. The van der Waals surface area contributed by atoms with Crippen molar-refractivity contribution in [2.24, 2.45) is 0 Å². The van der Waals surface area contributed by atoms with E-state index < -0.39 is 0 Å². The van der Waals surface area contributed by atoms with Crippen LogP contribution in [0.2, 0.25) is 0 Å². The zero-order valence-corrected chi connectivity index (χ0v) is 11.0. The van der Waals surface area contributed by atoms with Crippen LogP contribution in [-0.4, -0.2) is 31.6 Å². The van der Waals surface area contributed by atoms with Crippen LogP contribution in [0, 0.1) is 0 Å². The molecule has 1 aromatic carbocycles. The normalized spacial score (nSPS) is 10.0. The number of methoxy groups -OCH3 is 1. The average Bonchev–Trinajstić information content (AvgIpc) is 2.34. The Kier molecular flexibility index (Phi) is 5.69. The molecule has 1 aromatic rings. The van der Waals surface area contributed by atoms with Crippen molar-refractivity contribution >= 4 is 23.4 Å². The van der Waals surface area contributed by atoms with Gasteiger partial charge in [0.25, 0.3) is 5.91 Å². The number of nitrogens with two attached hydrogens (primary N) is 1. The minimum atomic E-state index is -0.143. The number of amides is 1. The SMILES string of the molecule is COc1c(N)cccc1C(=O)NCCCSC. The number of benzene rings is 1. The van der Waals surface area contributed by atoms with E-state index in [1.54, 1.807) is 30.0 Å². The van der Waals surface area contributed by atoms with E-state index in [-0.39, 0.29) is 5.91 Å². The van der Waals surface area contributed by atoms with Gasteiger partial charge in [0, 0.05) is 6.54 Å². The summed E-state index contributed by atoms with van der Waals surface area (Å²) in [6.45, 7) is 0.664. The first-order chi connectivity index (χ1) is 8.20. The van der Waals surface area contributed by atoms with Crippen molar-refractivity contribution in [2.45, 2.75) is 6.42 Å². The van der Waals surface area contributed by atoms with Gasteiger partial charge < -0.3 is 15.8 Å². The lowest BCUT2D eigenvalue weighted by Crippen LogP contribution is -2.25. The number of rotatable bonds is 6. The molecule has 0 heterocycles. The fourth-order valence-corrected chi connectivity index (χ4v) is 1.91. The van der Waals surface area contributed by atoms with Crippen LogP contribution in [0.4, 0.5) is 5.69 Å². The molecule has 5 heteroatoms. The lowest BCUT2D eigenvalue weighted by atomic mass is 10.1. The van der Waals surface area contributed by atoms with Crippen molar-refractivity contribution in [3.63, 3.8) is 0 Å². The number of hydrogen-bond acceptors (Lipinski definition) is 4. The highest BCUT2D eigenvalue weighted by Crippen LogP contribution is 2.25. The van der Waals surface area contributed by atoms with Crippen LogP contribution in [0.1, 0.15) is 16.8 Å². The summed E-state index contributed by atoms with van der Waals surface area (Å²) >= 11 is 1.76. The Hall–Kier alpha value is -1.36. The monoisotopic (exact) mass is 254 g/mol. The molecule has 0 atom stereocenters. The summed E-state index contributed by atoms with van der Waals surface area (Å²) in [5.74, 6) is 1.33. The molecule has 0 spiro atoms. The van der Waals surface area contributed by atoms with E-state index in [4.69, 9.17) is 10.5 Å². The van der Waals surface area contributed by atoms with Gasteiger partial charge in [0.05, 0.1) is 18.4 Å². The molecule has 0 saturated carbocycles. The van der Waals surface area contributed by atoms with Crippen molar-refractivity contribution in [3.8, 4) is 5.75 Å². The van der Waals surface area contributed by atoms with Gasteiger partial charge in [0.2, 0.25) is 0 Å². The summed E-state index contributed by atoms with van der Waals surface area (Å²) in [7, 11) is 1.51. The standard InChI is InChI=1S/C12H18N2O2S/c1-16-11-9(5-3-6-10(11)13)12(15)14-7-4-8-17-2/h3,5-6H,4,7-8,13H2,1-2H3,(H,14,15). The highest BCUT2D eigenvalue weighted by molar-refractivity contribution is 7.98. The molecule has 17 heavy (non-hydrogen) atoms. The van der Waals surface area contributed by atoms with Gasteiger partial charge in [-0.05, 0) is 30.6 Å². The molecule has 0 aromatic heterocycles. The summed E-state index contributed by atoms with van der Waals surface area (Å²) in [5.41, 5.74) is 6.70. The number of thioether (sulfide) groups is 1. The Morgan fingerprint density at radius 1 is 1.53 bits per heavy atom. The van der Waals surface area contributed by atoms with Gasteiger partial charge in [-0.3, -0.25) is 4.79 Å². The molecule has 1 rings (SSSR count). The fraction of sp³-hybridized carbons (Fsp3) is 0.417.